The summed E-state index contributed by atoms with van der Waals surface area (Å²) in [5.74, 6) is 0.836. The fourth-order valence-corrected chi connectivity index (χ4v) is 1.86. The van der Waals surface area contributed by atoms with Crippen LogP contribution in [0.25, 0.3) is 0 Å². The summed E-state index contributed by atoms with van der Waals surface area (Å²) in [6, 6.07) is 0. The van der Waals surface area contributed by atoms with E-state index in [1.807, 2.05) is 0 Å². The Morgan fingerprint density at radius 3 is 3.08 bits per heavy atom. The van der Waals surface area contributed by atoms with E-state index < -0.39 is 0 Å². The van der Waals surface area contributed by atoms with Crippen molar-refractivity contribution in [2.24, 2.45) is 5.92 Å². The van der Waals surface area contributed by atoms with Gasteiger partial charge in [-0.3, -0.25) is 0 Å². The average molecular weight is 171 g/mol. The highest BCUT2D eigenvalue weighted by atomic mass is 16.5. The van der Waals surface area contributed by atoms with Crippen molar-refractivity contribution >= 4 is 0 Å². The lowest BCUT2D eigenvalue weighted by Gasteiger charge is -2.17. The molecule has 0 saturated carbocycles. The van der Waals surface area contributed by atoms with Gasteiger partial charge in [-0.1, -0.05) is 6.42 Å². The molecule has 72 valence electrons. The molecule has 0 radical (unpaired) electrons. The maximum atomic E-state index is 5.27. The van der Waals surface area contributed by atoms with Crippen molar-refractivity contribution < 1.29 is 4.74 Å². The van der Waals surface area contributed by atoms with E-state index >= 15 is 0 Å². The van der Waals surface area contributed by atoms with Crippen molar-refractivity contribution in [3.05, 3.63) is 0 Å². The first kappa shape index (κ1) is 10.0. The van der Waals surface area contributed by atoms with Crippen LogP contribution in [-0.4, -0.2) is 26.3 Å². The average Bonchev–Trinajstić information content (AvgIpc) is 2.33. The van der Waals surface area contributed by atoms with Crippen molar-refractivity contribution in [2.75, 3.05) is 20.2 Å². The van der Waals surface area contributed by atoms with Gasteiger partial charge >= 0.3 is 0 Å². The zero-order chi connectivity index (χ0) is 8.81. The smallest absolute Gasteiger partial charge is 0.0546 e. The van der Waals surface area contributed by atoms with Crippen molar-refractivity contribution in [3.8, 4) is 0 Å². The van der Waals surface area contributed by atoms with Crippen LogP contribution in [-0.2, 0) is 4.74 Å². The third-order valence-electron chi connectivity index (χ3n) is 2.72. The van der Waals surface area contributed by atoms with E-state index in [4.69, 9.17) is 4.74 Å². The molecule has 12 heavy (non-hydrogen) atoms. The Morgan fingerprint density at radius 1 is 1.50 bits per heavy atom. The Kier molecular flexibility index (Phi) is 4.62. The Morgan fingerprint density at radius 2 is 2.33 bits per heavy atom. The summed E-state index contributed by atoms with van der Waals surface area (Å²) in [6.07, 6.45) is 5.74. The predicted octanol–water partition coefficient (Wildman–Crippen LogP) is 1.80. The molecule has 0 amide bonds. The molecule has 2 heteroatoms. The van der Waals surface area contributed by atoms with Crippen molar-refractivity contribution in [1.82, 2.24) is 5.32 Å². The SMILES string of the molecule is COC(C)CC1CCCCNC1. The number of nitrogens with one attached hydrogen (secondary N) is 1. The van der Waals surface area contributed by atoms with Gasteiger partial charge < -0.3 is 10.1 Å². The number of methoxy groups -OCH3 is 1. The van der Waals surface area contributed by atoms with Gasteiger partial charge in [0.05, 0.1) is 6.10 Å². The molecule has 1 saturated heterocycles. The van der Waals surface area contributed by atoms with Gasteiger partial charge in [0.15, 0.2) is 0 Å². The number of hydrogen-bond acceptors (Lipinski definition) is 2. The van der Waals surface area contributed by atoms with Crippen LogP contribution >= 0.6 is 0 Å². The Bertz CT molecular complexity index is 108. The van der Waals surface area contributed by atoms with E-state index in [0.29, 0.717) is 6.10 Å². The summed E-state index contributed by atoms with van der Waals surface area (Å²) in [5.41, 5.74) is 0. The summed E-state index contributed by atoms with van der Waals surface area (Å²) in [5, 5.41) is 3.47. The molecular weight excluding hydrogens is 150 g/mol. The summed E-state index contributed by atoms with van der Waals surface area (Å²) < 4.78 is 5.27. The highest BCUT2D eigenvalue weighted by Gasteiger charge is 2.14. The van der Waals surface area contributed by atoms with Crippen LogP contribution in [0.3, 0.4) is 0 Å². The van der Waals surface area contributed by atoms with Gasteiger partial charge in [-0.2, -0.15) is 0 Å². The molecular formula is C10H21NO. The monoisotopic (exact) mass is 171 g/mol. The van der Waals surface area contributed by atoms with Gasteiger partial charge in [-0.25, -0.2) is 0 Å². The standard InChI is InChI=1S/C10H21NO/c1-9(12-2)7-10-5-3-4-6-11-8-10/h9-11H,3-8H2,1-2H3. The Labute approximate surface area is 75.7 Å². The molecule has 2 atom stereocenters. The molecule has 0 bridgehead atoms. The molecule has 2 nitrogen and oxygen atoms in total. The first-order chi connectivity index (χ1) is 5.83. The van der Waals surface area contributed by atoms with Gasteiger partial charge in [-0.05, 0) is 45.2 Å². The number of ether oxygens (including phenoxy) is 1. The lowest BCUT2D eigenvalue weighted by Crippen LogP contribution is -2.23. The molecule has 1 N–H and O–H groups in total. The third-order valence-corrected chi connectivity index (χ3v) is 2.72. The Balaban J connectivity index is 2.20. The van der Waals surface area contributed by atoms with Gasteiger partial charge in [0.1, 0.15) is 0 Å². The molecule has 1 rings (SSSR count). The fraction of sp³-hybridized carbons (Fsp3) is 1.00. The second-order valence-corrected chi connectivity index (χ2v) is 3.85. The first-order valence-electron chi connectivity index (χ1n) is 5.06. The quantitative estimate of drug-likeness (QED) is 0.699. The first-order valence-corrected chi connectivity index (χ1v) is 5.06. The molecule has 0 aliphatic carbocycles. The molecule has 0 spiro atoms. The largest absolute Gasteiger partial charge is 0.382 e. The van der Waals surface area contributed by atoms with E-state index in [2.05, 4.69) is 12.2 Å². The van der Waals surface area contributed by atoms with E-state index in [1.54, 1.807) is 7.11 Å². The van der Waals surface area contributed by atoms with E-state index in [1.165, 1.54) is 38.8 Å². The molecule has 0 aromatic carbocycles. The highest BCUT2D eigenvalue weighted by Crippen LogP contribution is 2.17. The second kappa shape index (κ2) is 5.55. The fourth-order valence-electron chi connectivity index (χ4n) is 1.86. The van der Waals surface area contributed by atoms with Crippen LogP contribution in [0.4, 0.5) is 0 Å². The van der Waals surface area contributed by atoms with Crippen LogP contribution in [0.2, 0.25) is 0 Å². The van der Waals surface area contributed by atoms with Crippen molar-refractivity contribution in [3.63, 3.8) is 0 Å². The zero-order valence-corrected chi connectivity index (χ0v) is 8.31. The summed E-state index contributed by atoms with van der Waals surface area (Å²) in [6.45, 7) is 4.55. The highest BCUT2D eigenvalue weighted by molar-refractivity contribution is 4.69. The predicted molar refractivity (Wildman–Crippen MR) is 51.3 cm³/mol. The molecule has 1 aliphatic rings. The number of hydrogen-bond donors (Lipinski definition) is 1. The van der Waals surface area contributed by atoms with Crippen LogP contribution in [0.15, 0.2) is 0 Å². The minimum Gasteiger partial charge on any atom is -0.382 e. The minimum absolute atomic E-state index is 0.426. The van der Waals surface area contributed by atoms with Crippen LogP contribution in [0, 0.1) is 5.92 Å². The van der Waals surface area contributed by atoms with Crippen LogP contribution in [0.5, 0.6) is 0 Å². The maximum Gasteiger partial charge on any atom is 0.0546 e. The molecule has 1 aliphatic heterocycles. The molecule has 1 heterocycles. The van der Waals surface area contributed by atoms with E-state index in [9.17, 15) is 0 Å². The van der Waals surface area contributed by atoms with Crippen molar-refractivity contribution in [1.29, 1.82) is 0 Å². The van der Waals surface area contributed by atoms with Crippen LogP contribution < -0.4 is 5.32 Å². The molecule has 2 unspecified atom stereocenters. The maximum absolute atomic E-state index is 5.27. The number of rotatable bonds is 3. The lowest BCUT2D eigenvalue weighted by atomic mass is 9.97. The van der Waals surface area contributed by atoms with Gasteiger partial charge in [-0.15, -0.1) is 0 Å². The Hall–Kier alpha value is -0.0800. The summed E-state index contributed by atoms with van der Waals surface area (Å²) >= 11 is 0. The lowest BCUT2D eigenvalue weighted by molar-refractivity contribution is 0.0940. The van der Waals surface area contributed by atoms with E-state index in [0.717, 1.165) is 5.92 Å². The molecule has 1 fully saturated rings. The zero-order valence-electron chi connectivity index (χ0n) is 8.31. The van der Waals surface area contributed by atoms with Crippen molar-refractivity contribution in [2.45, 2.75) is 38.7 Å². The van der Waals surface area contributed by atoms with Crippen LogP contribution in [0.1, 0.15) is 32.6 Å². The second-order valence-electron chi connectivity index (χ2n) is 3.85. The van der Waals surface area contributed by atoms with E-state index in [-0.39, 0.29) is 0 Å². The summed E-state index contributed by atoms with van der Waals surface area (Å²) in [7, 11) is 1.80. The van der Waals surface area contributed by atoms with Gasteiger partial charge in [0, 0.05) is 7.11 Å². The molecule has 0 aromatic rings. The normalized spacial score (nSPS) is 28.0. The molecule has 0 aromatic heterocycles. The third kappa shape index (κ3) is 3.55. The van der Waals surface area contributed by atoms with Gasteiger partial charge in [0.25, 0.3) is 0 Å². The van der Waals surface area contributed by atoms with Gasteiger partial charge in [0.2, 0.25) is 0 Å². The minimum atomic E-state index is 0.426. The summed E-state index contributed by atoms with van der Waals surface area (Å²) in [4.78, 5) is 0. The topological polar surface area (TPSA) is 21.3 Å².